The standard InChI is InChI=1S/C9H11N3O2/c10-2-1-8(13)9(14)6-3-7(11)5-12-4-6/h3-5,8-9,13-14H,1,11H2. The van der Waals surface area contributed by atoms with Gasteiger partial charge in [-0.2, -0.15) is 5.26 Å². The molecule has 0 saturated carbocycles. The van der Waals surface area contributed by atoms with Crippen LogP contribution in [0.25, 0.3) is 0 Å². The van der Waals surface area contributed by atoms with Gasteiger partial charge in [-0.15, -0.1) is 0 Å². The van der Waals surface area contributed by atoms with Crippen LogP contribution in [0.4, 0.5) is 5.69 Å². The summed E-state index contributed by atoms with van der Waals surface area (Å²) in [5.41, 5.74) is 6.27. The van der Waals surface area contributed by atoms with Gasteiger partial charge in [0, 0.05) is 18.0 Å². The molecule has 0 saturated heterocycles. The number of aliphatic hydroxyl groups excluding tert-OH is 2. The second-order valence-corrected chi connectivity index (χ2v) is 2.93. The number of nitrogens with zero attached hydrogens (tertiary/aromatic N) is 2. The molecule has 5 heteroatoms. The van der Waals surface area contributed by atoms with Gasteiger partial charge in [0.2, 0.25) is 0 Å². The lowest BCUT2D eigenvalue weighted by Gasteiger charge is -2.15. The molecule has 0 radical (unpaired) electrons. The van der Waals surface area contributed by atoms with Crippen molar-refractivity contribution in [2.24, 2.45) is 0 Å². The van der Waals surface area contributed by atoms with Gasteiger partial charge < -0.3 is 15.9 Å². The van der Waals surface area contributed by atoms with Crippen LogP contribution in [0, 0.1) is 11.3 Å². The third kappa shape index (κ3) is 2.42. The molecule has 1 rings (SSSR count). The number of aliphatic hydroxyl groups is 2. The molecule has 74 valence electrons. The number of aromatic nitrogens is 1. The lowest BCUT2D eigenvalue weighted by atomic mass is 10.0. The summed E-state index contributed by atoms with van der Waals surface area (Å²) in [6.45, 7) is 0. The number of hydrogen-bond donors (Lipinski definition) is 3. The van der Waals surface area contributed by atoms with Crippen LogP contribution in [0.3, 0.4) is 0 Å². The van der Waals surface area contributed by atoms with Crippen LogP contribution in [0.1, 0.15) is 18.1 Å². The molecule has 1 aromatic heterocycles. The first kappa shape index (κ1) is 10.4. The molecule has 2 unspecified atom stereocenters. The molecular formula is C9H11N3O2. The molecule has 0 fully saturated rings. The van der Waals surface area contributed by atoms with Crippen LogP contribution in [0.2, 0.25) is 0 Å². The third-order valence-electron chi connectivity index (χ3n) is 1.79. The molecule has 0 amide bonds. The number of nitrogen functional groups attached to an aromatic ring is 1. The third-order valence-corrected chi connectivity index (χ3v) is 1.79. The molecule has 0 bridgehead atoms. The van der Waals surface area contributed by atoms with E-state index in [1.165, 1.54) is 18.5 Å². The summed E-state index contributed by atoms with van der Waals surface area (Å²) in [5, 5.41) is 27.2. The van der Waals surface area contributed by atoms with Gasteiger partial charge in [-0.05, 0) is 6.07 Å². The highest BCUT2D eigenvalue weighted by molar-refractivity contribution is 5.38. The largest absolute Gasteiger partial charge is 0.397 e. The van der Waals surface area contributed by atoms with Crippen molar-refractivity contribution in [3.05, 3.63) is 24.0 Å². The zero-order chi connectivity index (χ0) is 10.6. The molecule has 0 aliphatic heterocycles. The normalized spacial score (nSPS) is 14.4. The first-order chi connectivity index (χ1) is 6.65. The Morgan fingerprint density at radius 3 is 2.79 bits per heavy atom. The molecule has 1 heterocycles. The van der Waals surface area contributed by atoms with Crippen LogP contribution in [-0.2, 0) is 0 Å². The fraction of sp³-hybridized carbons (Fsp3) is 0.333. The number of rotatable bonds is 3. The van der Waals surface area contributed by atoms with Crippen molar-refractivity contribution in [3.8, 4) is 6.07 Å². The minimum absolute atomic E-state index is 0.129. The highest BCUT2D eigenvalue weighted by Gasteiger charge is 2.18. The second kappa shape index (κ2) is 4.56. The van der Waals surface area contributed by atoms with Crippen LogP contribution in [0.15, 0.2) is 18.5 Å². The Bertz CT molecular complexity index is 348. The van der Waals surface area contributed by atoms with E-state index in [9.17, 15) is 10.2 Å². The summed E-state index contributed by atoms with van der Waals surface area (Å²) in [6, 6.07) is 3.28. The van der Waals surface area contributed by atoms with Gasteiger partial charge in [0.25, 0.3) is 0 Å². The van der Waals surface area contributed by atoms with Gasteiger partial charge in [0.05, 0.1) is 24.3 Å². The quantitative estimate of drug-likeness (QED) is 0.625. The molecule has 14 heavy (non-hydrogen) atoms. The number of anilines is 1. The smallest absolute Gasteiger partial charge is 0.107 e. The number of hydrogen-bond acceptors (Lipinski definition) is 5. The minimum atomic E-state index is -1.12. The Morgan fingerprint density at radius 2 is 2.21 bits per heavy atom. The zero-order valence-corrected chi connectivity index (χ0v) is 7.46. The average Bonchev–Trinajstić information content (AvgIpc) is 2.17. The molecule has 0 aliphatic carbocycles. The maximum Gasteiger partial charge on any atom is 0.107 e. The van der Waals surface area contributed by atoms with Crippen molar-refractivity contribution in [2.75, 3.05) is 5.73 Å². The van der Waals surface area contributed by atoms with Crippen molar-refractivity contribution >= 4 is 5.69 Å². The summed E-state index contributed by atoms with van der Waals surface area (Å²) in [7, 11) is 0. The molecule has 0 aliphatic rings. The Labute approximate surface area is 81.4 Å². The van der Waals surface area contributed by atoms with Crippen LogP contribution in [0.5, 0.6) is 0 Å². The Kier molecular flexibility index (Phi) is 3.40. The topological polar surface area (TPSA) is 103 Å². The van der Waals surface area contributed by atoms with Crippen molar-refractivity contribution < 1.29 is 10.2 Å². The van der Waals surface area contributed by atoms with E-state index in [4.69, 9.17) is 11.0 Å². The van der Waals surface area contributed by atoms with E-state index in [2.05, 4.69) is 4.98 Å². The average molecular weight is 193 g/mol. The zero-order valence-electron chi connectivity index (χ0n) is 7.46. The summed E-state index contributed by atoms with van der Waals surface area (Å²) in [4.78, 5) is 3.77. The van der Waals surface area contributed by atoms with Gasteiger partial charge in [0.15, 0.2) is 0 Å². The first-order valence-electron chi connectivity index (χ1n) is 4.08. The maximum atomic E-state index is 9.55. The Balaban J connectivity index is 2.79. The van der Waals surface area contributed by atoms with Crippen LogP contribution < -0.4 is 5.73 Å². The summed E-state index contributed by atoms with van der Waals surface area (Å²) >= 11 is 0. The Morgan fingerprint density at radius 1 is 1.50 bits per heavy atom. The van der Waals surface area contributed by atoms with Gasteiger partial charge >= 0.3 is 0 Å². The van der Waals surface area contributed by atoms with E-state index in [0.29, 0.717) is 11.3 Å². The second-order valence-electron chi connectivity index (χ2n) is 2.93. The Hall–Kier alpha value is -1.64. The fourth-order valence-corrected chi connectivity index (χ4v) is 1.07. The van der Waals surface area contributed by atoms with Gasteiger partial charge in [-0.1, -0.05) is 0 Å². The van der Waals surface area contributed by atoms with Crippen molar-refractivity contribution in [1.29, 1.82) is 5.26 Å². The lowest BCUT2D eigenvalue weighted by Crippen LogP contribution is -2.17. The predicted octanol–water partition coefficient (Wildman–Crippen LogP) is -0.0282. The molecular weight excluding hydrogens is 182 g/mol. The summed E-state index contributed by atoms with van der Waals surface area (Å²) in [6.07, 6.45) is 0.485. The van der Waals surface area contributed by atoms with E-state index in [0.717, 1.165) is 0 Å². The van der Waals surface area contributed by atoms with Crippen LogP contribution >= 0.6 is 0 Å². The van der Waals surface area contributed by atoms with Gasteiger partial charge in [-0.3, -0.25) is 4.98 Å². The van der Waals surface area contributed by atoms with E-state index in [1.807, 2.05) is 0 Å². The molecule has 0 spiro atoms. The van der Waals surface area contributed by atoms with Crippen molar-refractivity contribution in [1.82, 2.24) is 4.98 Å². The van der Waals surface area contributed by atoms with E-state index in [1.54, 1.807) is 6.07 Å². The van der Waals surface area contributed by atoms with E-state index >= 15 is 0 Å². The lowest BCUT2D eigenvalue weighted by molar-refractivity contribution is 0.0215. The highest BCUT2D eigenvalue weighted by atomic mass is 16.3. The molecule has 4 N–H and O–H groups in total. The van der Waals surface area contributed by atoms with Crippen molar-refractivity contribution in [3.63, 3.8) is 0 Å². The van der Waals surface area contributed by atoms with Crippen molar-refractivity contribution in [2.45, 2.75) is 18.6 Å². The molecule has 1 aromatic rings. The summed E-state index contributed by atoms with van der Waals surface area (Å²) < 4.78 is 0. The van der Waals surface area contributed by atoms with Crippen LogP contribution in [-0.4, -0.2) is 21.3 Å². The highest BCUT2D eigenvalue weighted by Crippen LogP contribution is 2.19. The molecule has 0 aromatic carbocycles. The molecule has 5 nitrogen and oxygen atoms in total. The van der Waals surface area contributed by atoms with E-state index in [-0.39, 0.29) is 6.42 Å². The predicted molar refractivity (Wildman–Crippen MR) is 49.8 cm³/mol. The SMILES string of the molecule is N#CCC(O)C(O)c1cncc(N)c1. The first-order valence-corrected chi connectivity index (χ1v) is 4.08. The summed E-state index contributed by atoms with van der Waals surface area (Å²) in [5.74, 6) is 0. The van der Waals surface area contributed by atoms with Gasteiger partial charge in [-0.25, -0.2) is 0 Å². The number of nitriles is 1. The maximum absolute atomic E-state index is 9.55. The number of nitrogens with two attached hydrogens (primary N) is 1. The fourth-order valence-electron chi connectivity index (χ4n) is 1.07. The number of pyridine rings is 1. The molecule has 2 atom stereocenters. The minimum Gasteiger partial charge on any atom is -0.397 e. The van der Waals surface area contributed by atoms with E-state index < -0.39 is 12.2 Å². The van der Waals surface area contributed by atoms with Gasteiger partial charge in [0.1, 0.15) is 6.10 Å². The monoisotopic (exact) mass is 193 g/mol.